The Bertz CT molecular complexity index is 165. The Morgan fingerprint density at radius 3 is 3.08 bits per heavy atom. The van der Waals surface area contributed by atoms with Gasteiger partial charge in [-0.1, -0.05) is 12.8 Å². The lowest BCUT2D eigenvalue weighted by Crippen LogP contribution is -2.37. The van der Waals surface area contributed by atoms with Gasteiger partial charge in [-0.2, -0.15) is 0 Å². The van der Waals surface area contributed by atoms with Crippen molar-refractivity contribution in [1.29, 1.82) is 0 Å². The molecular formula is C11H19NO. The molecule has 74 valence electrons. The van der Waals surface area contributed by atoms with Gasteiger partial charge >= 0.3 is 0 Å². The zero-order valence-corrected chi connectivity index (χ0v) is 8.38. The van der Waals surface area contributed by atoms with Crippen molar-refractivity contribution in [3.8, 4) is 12.3 Å². The first-order valence-corrected chi connectivity index (χ1v) is 5.16. The fourth-order valence-electron chi connectivity index (χ4n) is 1.64. The van der Waals surface area contributed by atoms with Crippen LogP contribution in [0.5, 0.6) is 0 Å². The Morgan fingerprint density at radius 1 is 1.54 bits per heavy atom. The highest BCUT2D eigenvalue weighted by Gasteiger charge is 2.14. The van der Waals surface area contributed by atoms with E-state index in [0.717, 1.165) is 32.5 Å². The number of ether oxygens (including phenoxy) is 1. The van der Waals surface area contributed by atoms with Crippen molar-refractivity contribution in [2.45, 2.75) is 44.7 Å². The summed E-state index contributed by atoms with van der Waals surface area (Å²) in [5.41, 5.74) is 0. The van der Waals surface area contributed by atoms with Gasteiger partial charge in [-0.15, -0.1) is 6.42 Å². The van der Waals surface area contributed by atoms with E-state index in [2.05, 4.69) is 18.2 Å². The van der Waals surface area contributed by atoms with Crippen molar-refractivity contribution in [3.63, 3.8) is 0 Å². The van der Waals surface area contributed by atoms with Gasteiger partial charge in [-0.25, -0.2) is 0 Å². The summed E-state index contributed by atoms with van der Waals surface area (Å²) in [5, 5.41) is 3.48. The molecule has 0 aromatic carbocycles. The fourth-order valence-corrected chi connectivity index (χ4v) is 1.64. The summed E-state index contributed by atoms with van der Waals surface area (Å²) in [4.78, 5) is 0. The SMILES string of the molecule is C#CC(CC)NC1CCCOCC1. The smallest absolute Gasteiger partial charge is 0.0686 e. The lowest BCUT2D eigenvalue weighted by atomic mass is 10.1. The molecule has 1 N–H and O–H groups in total. The van der Waals surface area contributed by atoms with E-state index in [1.54, 1.807) is 0 Å². The lowest BCUT2D eigenvalue weighted by molar-refractivity contribution is 0.142. The highest BCUT2D eigenvalue weighted by molar-refractivity contribution is 4.99. The molecule has 0 saturated carbocycles. The van der Waals surface area contributed by atoms with Crippen molar-refractivity contribution in [3.05, 3.63) is 0 Å². The van der Waals surface area contributed by atoms with Gasteiger partial charge < -0.3 is 10.1 Å². The molecule has 0 aromatic heterocycles. The predicted octanol–water partition coefficient (Wildman–Crippen LogP) is 1.56. The Kier molecular flexibility index (Phi) is 4.88. The van der Waals surface area contributed by atoms with Crippen LogP contribution in [0.2, 0.25) is 0 Å². The zero-order valence-electron chi connectivity index (χ0n) is 8.38. The van der Waals surface area contributed by atoms with Crippen LogP contribution in [0.3, 0.4) is 0 Å². The first-order chi connectivity index (χ1) is 6.36. The van der Waals surface area contributed by atoms with Crippen LogP contribution >= 0.6 is 0 Å². The van der Waals surface area contributed by atoms with Crippen LogP contribution in [0.1, 0.15) is 32.6 Å². The lowest BCUT2D eigenvalue weighted by Gasteiger charge is -2.19. The minimum Gasteiger partial charge on any atom is -0.381 e. The Morgan fingerprint density at radius 2 is 2.38 bits per heavy atom. The van der Waals surface area contributed by atoms with Crippen molar-refractivity contribution < 1.29 is 4.74 Å². The van der Waals surface area contributed by atoms with E-state index in [4.69, 9.17) is 11.2 Å². The minimum atomic E-state index is 0.239. The first-order valence-electron chi connectivity index (χ1n) is 5.16. The molecule has 0 spiro atoms. The number of hydrogen-bond acceptors (Lipinski definition) is 2. The average molecular weight is 181 g/mol. The Balaban J connectivity index is 2.29. The van der Waals surface area contributed by atoms with Gasteiger partial charge in [0.2, 0.25) is 0 Å². The Labute approximate surface area is 81.0 Å². The predicted molar refractivity (Wildman–Crippen MR) is 54.5 cm³/mol. The highest BCUT2D eigenvalue weighted by atomic mass is 16.5. The maximum absolute atomic E-state index is 5.40. The monoisotopic (exact) mass is 181 g/mol. The van der Waals surface area contributed by atoms with E-state index >= 15 is 0 Å². The van der Waals surface area contributed by atoms with Crippen molar-refractivity contribution in [2.24, 2.45) is 0 Å². The van der Waals surface area contributed by atoms with Crippen LogP contribution in [0.15, 0.2) is 0 Å². The van der Waals surface area contributed by atoms with Crippen LogP contribution in [-0.4, -0.2) is 25.3 Å². The van der Waals surface area contributed by atoms with Crippen LogP contribution in [0, 0.1) is 12.3 Å². The molecule has 1 fully saturated rings. The number of hydrogen-bond donors (Lipinski definition) is 1. The third-order valence-electron chi connectivity index (χ3n) is 2.50. The molecule has 2 atom stereocenters. The van der Waals surface area contributed by atoms with E-state index in [9.17, 15) is 0 Å². The zero-order chi connectivity index (χ0) is 9.52. The van der Waals surface area contributed by atoms with Gasteiger partial charge in [0.05, 0.1) is 6.04 Å². The van der Waals surface area contributed by atoms with Gasteiger partial charge in [-0.3, -0.25) is 0 Å². The third kappa shape index (κ3) is 3.80. The number of terminal acetylenes is 1. The van der Waals surface area contributed by atoms with Gasteiger partial charge in [0.15, 0.2) is 0 Å². The van der Waals surface area contributed by atoms with Gasteiger partial charge in [0.25, 0.3) is 0 Å². The minimum absolute atomic E-state index is 0.239. The van der Waals surface area contributed by atoms with Crippen molar-refractivity contribution in [2.75, 3.05) is 13.2 Å². The van der Waals surface area contributed by atoms with Gasteiger partial charge in [0, 0.05) is 19.3 Å². The molecule has 1 saturated heterocycles. The second-order valence-corrected chi connectivity index (χ2v) is 3.53. The number of nitrogens with one attached hydrogen (secondary N) is 1. The molecule has 0 bridgehead atoms. The molecule has 13 heavy (non-hydrogen) atoms. The van der Waals surface area contributed by atoms with E-state index < -0.39 is 0 Å². The maximum Gasteiger partial charge on any atom is 0.0686 e. The summed E-state index contributed by atoms with van der Waals surface area (Å²) in [5.74, 6) is 2.77. The maximum atomic E-state index is 5.40. The van der Waals surface area contributed by atoms with E-state index in [1.165, 1.54) is 6.42 Å². The Hall–Kier alpha value is -0.520. The molecule has 0 aromatic rings. The average Bonchev–Trinajstić information content (AvgIpc) is 2.42. The molecule has 1 rings (SSSR count). The quantitative estimate of drug-likeness (QED) is 0.667. The van der Waals surface area contributed by atoms with Gasteiger partial charge in [0.1, 0.15) is 0 Å². The van der Waals surface area contributed by atoms with E-state index in [-0.39, 0.29) is 6.04 Å². The van der Waals surface area contributed by atoms with E-state index in [0.29, 0.717) is 6.04 Å². The van der Waals surface area contributed by atoms with Crippen molar-refractivity contribution >= 4 is 0 Å². The largest absolute Gasteiger partial charge is 0.381 e. The fraction of sp³-hybridized carbons (Fsp3) is 0.818. The second kappa shape index (κ2) is 6.01. The molecule has 2 heteroatoms. The molecule has 2 nitrogen and oxygen atoms in total. The molecule has 2 unspecified atom stereocenters. The molecule has 1 aliphatic heterocycles. The summed E-state index contributed by atoms with van der Waals surface area (Å²) >= 11 is 0. The summed E-state index contributed by atoms with van der Waals surface area (Å²) in [7, 11) is 0. The summed E-state index contributed by atoms with van der Waals surface area (Å²) < 4.78 is 5.38. The summed E-state index contributed by atoms with van der Waals surface area (Å²) in [6.07, 6.45) is 9.84. The molecule has 0 aliphatic carbocycles. The standard InChI is InChI=1S/C11H19NO/c1-3-10(4-2)12-11-6-5-8-13-9-7-11/h1,10-12H,4-9H2,2H3. The summed E-state index contributed by atoms with van der Waals surface area (Å²) in [6, 6.07) is 0.798. The van der Waals surface area contributed by atoms with Crippen LogP contribution < -0.4 is 5.32 Å². The molecule has 1 heterocycles. The molecule has 0 amide bonds. The highest BCUT2D eigenvalue weighted by Crippen LogP contribution is 2.09. The summed E-state index contributed by atoms with van der Waals surface area (Å²) in [6.45, 7) is 3.90. The first kappa shape index (κ1) is 10.6. The number of rotatable bonds is 3. The second-order valence-electron chi connectivity index (χ2n) is 3.53. The van der Waals surface area contributed by atoms with Crippen LogP contribution in [0.4, 0.5) is 0 Å². The van der Waals surface area contributed by atoms with Gasteiger partial charge in [-0.05, 0) is 25.7 Å². The molecule has 1 aliphatic rings. The third-order valence-corrected chi connectivity index (χ3v) is 2.50. The molecule has 0 radical (unpaired) electrons. The van der Waals surface area contributed by atoms with Crippen LogP contribution in [-0.2, 0) is 4.74 Å². The van der Waals surface area contributed by atoms with Crippen LogP contribution in [0.25, 0.3) is 0 Å². The normalized spacial score (nSPS) is 26.0. The topological polar surface area (TPSA) is 21.3 Å². The molecular weight excluding hydrogens is 162 g/mol. The van der Waals surface area contributed by atoms with E-state index in [1.807, 2.05) is 0 Å². The van der Waals surface area contributed by atoms with Crippen molar-refractivity contribution in [1.82, 2.24) is 5.32 Å².